The molecule has 3 aromatic carbocycles. The van der Waals surface area contributed by atoms with Gasteiger partial charge in [0, 0.05) is 29.6 Å². The molecule has 1 aliphatic carbocycles. The lowest BCUT2D eigenvalue weighted by molar-refractivity contribution is 0.402. The molecule has 0 amide bonds. The van der Waals surface area contributed by atoms with E-state index in [1.807, 2.05) is 12.2 Å². The van der Waals surface area contributed by atoms with E-state index in [1.165, 1.54) is 39.2 Å². The van der Waals surface area contributed by atoms with Gasteiger partial charge in [0.05, 0.1) is 5.71 Å². The van der Waals surface area contributed by atoms with Gasteiger partial charge in [-0.05, 0) is 129 Å². The quantitative estimate of drug-likeness (QED) is 0.294. The third kappa shape index (κ3) is 6.29. The van der Waals surface area contributed by atoms with Crippen molar-refractivity contribution in [3.63, 3.8) is 0 Å². The van der Waals surface area contributed by atoms with Crippen LogP contribution in [0.3, 0.4) is 0 Å². The molecule has 1 unspecified atom stereocenters. The second-order valence-corrected chi connectivity index (χ2v) is 11.3. The number of rotatable bonds is 9. The van der Waals surface area contributed by atoms with Gasteiger partial charge in [-0.1, -0.05) is 55.5 Å². The van der Waals surface area contributed by atoms with E-state index in [4.69, 9.17) is 5.41 Å². The maximum atomic E-state index is 8.04. The summed E-state index contributed by atoms with van der Waals surface area (Å²) >= 11 is 0. The first kappa shape index (κ1) is 27.7. The van der Waals surface area contributed by atoms with Crippen LogP contribution in [0.4, 0.5) is 17.1 Å². The maximum Gasteiger partial charge on any atom is 0.0540 e. The van der Waals surface area contributed by atoms with Gasteiger partial charge in [-0.2, -0.15) is 0 Å². The Labute approximate surface area is 240 Å². The molecule has 206 valence electrons. The molecule has 2 N–H and O–H groups in total. The number of allylic oxidation sites excluding steroid dienone is 5. The standard InChI is InChI=1S/C36H42N4/c1-5-26(2)38-33-20-15-29(16-21-33)36(28-13-18-32(37)19-14-28)31-17-22-35-30(25-31)12-11-27-9-6-7-10-34(27)40(35)24-8-23-39(3)4/h6-7,9-10,13-22,25-26,37-38H,5,8,11-12,23-24H2,1-4H3. The van der Waals surface area contributed by atoms with Gasteiger partial charge in [0.1, 0.15) is 0 Å². The summed E-state index contributed by atoms with van der Waals surface area (Å²) in [6.07, 6.45) is 12.2. The van der Waals surface area contributed by atoms with E-state index < -0.39 is 0 Å². The predicted octanol–water partition coefficient (Wildman–Crippen LogP) is 8.03. The molecule has 2 aliphatic rings. The number of benzene rings is 3. The van der Waals surface area contributed by atoms with Gasteiger partial charge in [-0.3, -0.25) is 0 Å². The van der Waals surface area contributed by atoms with Crippen LogP contribution in [0.15, 0.2) is 96.6 Å². The molecule has 1 aliphatic heterocycles. The van der Waals surface area contributed by atoms with Crippen LogP contribution in [-0.4, -0.2) is 43.8 Å². The fourth-order valence-corrected chi connectivity index (χ4v) is 5.63. The molecule has 0 saturated carbocycles. The monoisotopic (exact) mass is 530 g/mol. The van der Waals surface area contributed by atoms with Crippen LogP contribution in [0.25, 0.3) is 5.57 Å². The number of fused-ring (bicyclic) bond motifs is 2. The first-order chi connectivity index (χ1) is 19.4. The van der Waals surface area contributed by atoms with Gasteiger partial charge in [0.2, 0.25) is 0 Å². The van der Waals surface area contributed by atoms with Gasteiger partial charge >= 0.3 is 0 Å². The lowest BCUT2D eigenvalue weighted by atomic mass is 9.89. The highest BCUT2D eigenvalue weighted by Gasteiger charge is 2.22. The van der Waals surface area contributed by atoms with Crippen molar-refractivity contribution >= 4 is 28.3 Å². The lowest BCUT2D eigenvalue weighted by Gasteiger charge is -2.28. The summed E-state index contributed by atoms with van der Waals surface area (Å²) in [5.74, 6) is 0. The number of aryl methyl sites for hydroxylation is 2. The van der Waals surface area contributed by atoms with Crippen molar-refractivity contribution in [2.24, 2.45) is 0 Å². The minimum absolute atomic E-state index is 0.438. The Bertz CT molecular complexity index is 1420. The minimum Gasteiger partial charge on any atom is -0.383 e. The summed E-state index contributed by atoms with van der Waals surface area (Å²) in [5.41, 5.74) is 11.9. The highest BCUT2D eigenvalue weighted by molar-refractivity contribution is 6.05. The van der Waals surface area contributed by atoms with Gasteiger partial charge < -0.3 is 20.5 Å². The van der Waals surface area contributed by atoms with Crippen molar-refractivity contribution in [2.75, 3.05) is 37.4 Å². The third-order valence-corrected chi connectivity index (χ3v) is 7.96. The number of hydrogen-bond donors (Lipinski definition) is 2. The van der Waals surface area contributed by atoms with Crippen LogP contribution in [0.2, 0.25) is 0 Å². The molecule has 5 rings (SSSR count). The van der Waals surface area contributed by atoms with Crippen molar-refractivity contribution in [3.05, 3.63) is 119 Å². The van der Waals surface area contributed by atoms with Crippen molar-refractivity contribution < 1.29 is 0 Å². The molecular formula is C36H42N4. The Hall–Kier alpha value is -3.89. The fraction of sp³-hybridized carbons (Fsp3) is 0.306. The van der Waals surface area contributed by atoms with E-state index in [0.717, 1.165) is 50.0 Å². The van der Waals surface area contributed by atoms with Crippen molar-refractivity contribution in [1.29, 1.82) is 5.41 Å². The Morgan fingerprint density at radius 3 is 2.27 bits per heavy atom. The number of nitrogens with zero attached hydrogens (tertiary/aromatic N) is 2. The zero-order chi connectivity index (χ0) is 28.1. The Balaban J connectivity index is 1.56. The molecule has 0 fully saturated rings. The Kier molecular flexibility index (Phi) is 8.66. The summed E-state index contributed by atoms with van der Waals surface area (Å²) in [6, 6.07) is 25.2. The van der Waals surface area contributed by atoms with E-state index in [9.17, 15) is 0 Å². The molecule has 1 atom stereocenters. The summed E-state index contributed by atoms with van der Waals surface area (Å²) in [7, 11) is 4.29. The zero-order valence-electron chi connectivity index (χ0n) is 24.4. The average Bonchev–Trinajstić information content (AvgIpc) is 3.11. The predicted molar refractivity (Wildman–Crippen MR) is 172 cm³/mol. The van der Waals surface area contributed by atoms with Crippen LogP contribution in [0, 0.1) is 5.41 Å². The minimum atomic E-state index is 0.438. The van der Waals surface area contributed by atoms with Crippen molar-refractivity contribution in [2.45, 2.75) is 45.6 Å². The summed E-state index contributed by atoms with van der Waals surface area (Å²) in [6.45, 7) is 6.48. The van der Waals surface area contributed by atoms with Gasteiger partial charge in [0.15, 0.2) is 0 Å². The summed E-state index contributed by atoms with van der Waals surface area (Å²) < 4.78 is 0. The van der Waals surface area contributed by atoms with Crippen LogP contribution < -0.4 is 10.2 Å². The molecule has 40 heavy (non-hydrogen) atoms. The van der Waals surface area contributed by atoms with E-state index >= 15 is 0 Å². The summed E-state index contributed by atoms with van der Waals surface area (Å²) in [5, 5.41) is 11.6. The van der Waals surface area contributed by atoms with Crippen molar-refractivity contribution in [3.8, 4) is 0 Å². The lowest BCUT2D eigenvalue weighted by Crippen LogP contribution is -2.24. The molecule has 4 nitrogen and oxygen atoms in total. The van der Waals surface area contributed by atoms with Crippen LogP contribution in [0.1, 0.15) is 48.9 Å². The SMILES string of the molecule is CCC(C)Nc1ccc(C(=C2C=CC(=N)C=C2)c2ccc3c(c2)CCc2ccccc2N3CCCN(C)C)cc1. The van der Waals surface area contributed by atoms with Crippen molar-refractivity contribution in [1.82, 2.24) is 4.90 Å². The van der Waals surface area contributed by atoms with E-state index in [0.29, 0.717) is 11.8 Å². The molecule has 0 aromatic heterocycles. The van der Waals surface area contributed by atoms with Gasteiger partial charge in [-0.15, -0.1) is 0 Å². The maximum absolute atomic E-state index is 8.04. The molecule has 0 bridgehead atoms. The second-order valence-electron chi connectivity index (χ2n) is 11.3. The van der Waals surface area contributed by atoms with Gasteiger partial charge in [0.25, 0.3) is 0 Å². The molecule has 0 radical (unpaired) electrons. The summed E-state index contributed by atoms with van der Waals surface area (Å²) in [4.78, 5) is 4.80. The molecule has 3 aromatic rings. The highest BCUT2D eigenvalue weighted by Crippen LogP contribution is 2.39. The highest BCUT2D eigenvalue weighted by atomic mass is 15.1. The number of para-hydroxylation sites is 1. The normalized spacial score (nSPS) is 15.1. The second kappa shape index (κ2) is 12.5. The smallest absolute Gasteiger partial charge is 0.0540 e. The van der Waals surface area contributed by atoms with Crippen LogP contribution in [-0.2, 0) is 12.8 Å². The number of nitrogens with one attached hydrogen (secondary N) is 2. The average molecular weight is 531 g/mol. The molecule has 0 saturated heterocycles. The van der Waals surface area contributed by atoms with Crippen LogP contribution in [0.5, 0.6) is 0 Å². The van der Waals surface area contributed by atoms with E-state index in [-0.39, 0.29) is 0 Å². The Morgan fingerprint density at radius 2 is 1.55 bits per heavy atom. The number of anilines is 3. The van der Waals surface area contributed by atoms with E-state index in [2.05, 4.69) is 122 Å². The Morgan fingerprint density at radius 1 is 0.875 bits per heavy atom. The first-order valence-corrected chi connectivity index (χ1v) is 14.6. The number of hydrogen-bond acceptors (Lipinski definition) is 4. The molecule has 1 heterocycles. The van der Waals surface area contributed by atoms with E-state index in [1.54, 1.807) is 0 Å². The zero-order valence-corrected chi connectivity index (χ0v) is 24.4. The van der Waals surface area contributed by atoms with Gasteiger partial charge in [-0.25, -0.2) is 0 Å². The molecular weight excluding hydrogens is 488 g/mol. The third-order valence-electron chi connectivity index (χ3n) is 7.96. The van der Waals surface area contributed by atoms with Crippen LogP contribution >= 0.6 is 0 Å². The topological polar surface area (TPSA) is 42.4 Å². The first-order valence-electron chi connectivity index (χ1n) is 14.6. The fourth-order valence-electron chi connectivity index (χ4n) is 5.63. The largest absolute Gasteiger partial charge is 0.383 e. The molecule has 0 spiro atoms. The molecule has 4 heteroatoms.